The monoisotopic (exact) mass is 402 g/mol. The van der Waals surface area contributed by atoms with Crippen LogP contribution in [0.4, 0.5) is 0 Å². The summed E-state index contributed by atoms with van der Waals surface area (Å²) in [6, 6.07) is 14.1. The summed E-state index contributed by atoms with van der Waals surface area (Å²) in [4.78, 5) is 0. The van der Waals surface area contributed by atoms with Crippen molar-refractivity contribution >= 4 is 0 Å². The summed E-state index contributed by atoms with van der Waals surface area (Å²) >= 11 is 0. The van der Waals surface area contributed by atoms with E-state index in [1.807, 2.05) is 13.0 Å². The van der Waals surface area contributed by atoms with Gasteiger partial charge in [-0.25, -0.2) is 0 Å². The average molecular weight is 403 g/mol. The minimum absolute atomic E-state index is 0.572. The molecule has 0 amide bonds. The molecule has 2 unspecified atom stereocenters. The first-order chi connectivity index (χ1) is 14.7. The smallest absolute Gasteiger partial charge is 0.0647 e. The summed E-state index contributed by atoms with van der Waals surface area (Å²) in [6.07, 6.45) is 14.8. The Hall–Kier alpha value is -2.12. The summed E-state index contributed by atoms with van der Waals surface area (Å²) in [5.41, 5.74) is 8.35. The summed E-state index contributed by atoms with van der Waals surface area (Å²) < 4.78 is 5.79. The largest absolute Gasteiger partial charge is 0.377 e. The molecule has 0 saturated heterocycles. The van der Waals surface area contributed by atoms with Crippen molar-refractivity contribution in [3.63, 3.8) is 0 Å². The average Bonchev–Trinajstić information content (AvgIpc) is 2.79. The molecule has 3 rings (SSSR count). The zero-order chi connectivity index (χ0) is 21.3. The molecule has 0 aliphatic heterocycles. The van der Waals surface area contributed by atoms with Crippen LogP contribution < -0.4 is 0 Å². The number of aryl methyl sites for hydroxylation is 2. The van der Waals surface area contributed by atoms with Gasteiger partial charge in [-0.15, -0.1) is 0 Å². The summed E-state index contributed by atoms with van der Waals surface area (Å²) in [5.74, 6) is 1.35. The third kappa shape index (κ3) is 5.73. The molecule has 0 spiro atoms. The molecule has 0 N–H and O–H groups in total. The molecule has 2 aromatic rings. The van der Waals surface area contributed by atoms with E-state index in [4.69, 9.17) is 4.74 Å². The van der Waals surface area contributed by atoms with Gasteiger partial charge in [0.25, 0.3) is 0 Å². The zero-order valence-corrected chi connectivity index (χ0v) is 19.3. The fourth-order valence-corrected chi connectivity index (χ4v) is 4.48. The molecule has 0 saturated carbocycles. The number of hydrogen-bond donors (Lipinski definition) is 0. The van der Waals surface area contributed by atoms with Gasteiger partial charge in [-0.05, 0) is 85.3 Å². The first-order valence-corrected chi connectivity index (χ1v) is 11.8. The van der Waals surface area contributed by atoms with E-state index >= 15 is 0 Å². The number of allylic oxidation sites excluding steroid dienone is 3. The van der Waals surface area contributed by atoms with Gasteiger partial charge in [-0.2, -0.15) is 0 Å². The van der Waals surface area contributed by atoms with Crippen molar-refractivity contribution in [1.29, 1.82) is 0 Å². The van der Waals surface area contributed by atoms with Crippen LogP contribution in [-0.4, -0.2) is 13.2 Å². The second kappa shape index (κ2) is 11.3. The maximum Gasteiger partial charge on any atom is 0.0647 e. The molecule has 1 aliphatic carbocycles. The van der Waals surface area contributed by atoms with Crippen molar-refractivity contribution in [2.24, 2.45) is 5.92 Å². The molecule has 0 bridgehead atoms. The van der Waals surface area contributed by atoms with Crippen LogP contribution in [0.1, 0.15) is 68.2 Å². The molecule has 160 valence electrons. The highest BCUT2D eigenvalue weighted by Crippen LogP contribution is 2.35. The van der Waals surface area contributed by atoms with Crippen molar-refractivity contribution in [3.8, 4) is 11.1 Å². The molecule has 1 heteroatoms. The van der Waals surface area contributed by atoms with Crippen LogP contribution in [0.5, 0.6) is 0 Å². The Balaban J connectivity index is 1.82. The van der Waals surface area contributed by atoms with Gasteiger partial charge in [0, 0.05) is 5.92 Å². The third-order valence-corrected chi connectivity index (χ3v) is 6.50. The van der Waals surface area contributed by atoms with Gasteiger partial charge >= 0.3 is 0 Å². The highest BCUT2D eigenvalue weighted by Gasteiger charge is 2.17. The van der Waals surface area contributed by atoms with Crippen LogP contribution in [-0.2, 0) is 17.6 Å². The Morgan fingerprint density at radius 2 is 1.83 bits per heavy atom. The van der Waals surface area contributed by atoms with E-state index in [0.717, 1.165) is 25.4 Å². The second-order valence-electron chi connectivity index (χ2n) is 8.55. The van der Waals surface area contributed by atoms with Crippen LogP contribution in [0.2, 0.25) is 0 Å². The topological polar surface area (TPSA) is 9.23 Å². The van der Waals surface area contributed by atoms with E-state index in [1.54, 1.807) is 0 Å². The predicted octanol–water partition coefficient (Wildman–Crippen LogP) is 7.82. The predicted molar refractivity (Wildman–Crippen MR) is 130 cm³/mol. The number of ether oxygens (including phenoxy) is 1. The van der Waals surface area contributed by atoms with Crippen LogP contribution >= 0.6 is 0 Å². The lowest BCUT2D eigenvalue weighted by atomic mass is 9.82. The quantitative estimate of drug-likeness (QED) is 0.307. The molecule has 0 aromatic heterocycles. The van der Waals surface area contributed by atoms with Crippen molar-refractivity contribution in [1.82, 2.24) is 0 Å². The number of rotatable bonds is 9. The highest BCUT2D eigenvalue weighted by atomic mass is 16.5. The van der Waals surface area contributed by atoms with Crippen LogP contribution in [0.15, 0.2) is 60.7 Å². The van der Waals surface area contributed by atoms with E-state index in [1.165, 1.54) is 52.6 Å². The van der Waals surface area contributed by atoms with E-state index in [0.29, 0.717) is 12.5 Å². The molecule has 2 aromatic carbocycles. The van der Waals surface area contributed by atoms with Crippen LogP contribution in [0.25, 0.3) is 11.1 Å². The van der Waals surface area contributed by atoms with Crippen molar-refractivity contribution in [3.05, 3.63) is 83.0 Å². The van der Waals surface area contributed by atoms with E-state index in [2.05, 4.69) is 75.4 Å². The number of benzene rings is 2. The van der Waals surface area contributed by atoms with E-state index in [-0.39, 0.29) is 0 Å². The molecule has 30 heavy (non-hydrogen) atoms. The minimum Gasteiger partial charge on any atom is -0.377 e. The molecular weight excluding hydrogens is 364 g/mol. The first kappa shape index (κ1) is 22.6. The Labute approximate surface area is 183 Å². The molecule has 0 radical (unpaired) electrons. The van der Waals surface area contributed by atoms with Gasteiger partial charge in [0.2, 0.25) is 0 Å². The lowest BCUT2D eigenvalue weighted by Gasteiger charge is -2.23. The Morgan fingerprint density at radius 3 is 2.50 bits per heavy atom. The lowest BCUT2D eigenvalue weighted by molar-refractivity contribution is 0.166. The molecule has 1 nitrogen and oxygen atoms in total. The van der Waals surface area contributed by atoms with Crippen LogP contribution in [0, 0.1) is 12.8 Å². The summed E-state index contributed by atoms with van der Waals surface area (Å²) in [6.45, 7) is 10.3. The maximum atomic E-state index is 5.79. The van der Waals surface area contributed by atoms with Crippen molar-refractivity contribution in [2.45, 2.75) is 65.7 Å². The van der Waals surface area contributed by atoms with E-state index < -0.39 is 0 Å². The van der Waals surface area contributed by atoms with Gasteiger partial charge in [0.05, 0.1) is 13.2 Å². The van der Waals surface area contributed by atoms with Crippen LogP contribution in [0.3, 0.4) is 0 Å². The minimum atomic E-state index is 0.572. The maximum absolute atomic E-state index is 5.79. The fraction of sp³-hybridized carbons (Fsp3) is 0.448. The Bertz CT molecular complexity index is 874. The van der Waals surface area contributed by atoms with Crippen molar-refractivity contribution < 1.29 is 4.74 Å². The second-order valence-corrected chi connectivity index (χ2v) is 8.55. The van der Waals surface area contributed by atoms with Crippen molar-refractivity contribution in [2.75, 3.05) is 13.2 Å². The molecule has 2 atom stereocenters. The Morgan fingerprint density at radius 1 is 1.00 bits per heavy atom. The molecule has 0 heterocycles. The van der Waals surface area contributed by atoms with Gasteiger partial charge in [-0.3, -0.25) is 0 Å². The van der Waals surface area contributed by atoms with Gasteiger partial charge in [0.15, 0.2) is 0 Å². The molecule has 0 fully saturated rings. The lowest BCUT2D eigenvalue weighted by Crippen LogP contribution is -2.07. The standard InChI is InChI=1S/C29H38O/c1-5-8-18-30-19-17-27-21-24(7-3)11-15-29(27)28-16-14-26(20-22(28)4)25-12-9-23(6-2)10-13-25/h5,8-9,11-12,14-16,20-21,23,25H,6-7,10,13,17-19H2,1-4H3/b8-5+. The molecular formula is C29H38O. The highest BCUT2D eigenvalue weighted by molar-refractivity contribution is 5.71. The Kier molecular flexibility index (Phi) is 8.51. The number of hydrogen-bond acceptors (Lipinski definition) is 1. The fourth-order valence-electron chi connectivity index (χ4n) is 4.48. The normalized spacial score (nSPS) is 18.9. The van der Waals surface area contributed by atoms with Gasteiger partial charge in [0.1, 0.15) is 0 Å². The third-order valence-electron chi connectivity index (χ3n) is 6.50. The van der Waals surface area contributed by atoms with Gasteiger partial charge < -0.3 is 4.74 Å². The first-order valence-electron chi connectivity index (χ1n) is 11.8. The van der Waals surface area contributed by atoms with Gasteiger partial charge in [-0.1, -0.05) is 74.5 Å². The zero-order valence-electron chi connectivity index (χ0n) is 19.3. The van der Waals surface area contributed by atoms with E-state index in [9.17, 15) is 0 Å². The molecule has 1 aliphatic rings. The summed E-state index contributed by atoms with van der Waals surface area (Å²) in [5, 5.41) is 0. The summed E-state index contributed by atoms with van der Waals surface area (Å²) in [7, 11) is 0. The SMILES string of the molecule is C/C=C/COCCc1cc(CC)ccc1-c1ccc(C2C=CC(CC)CC2)cc1C.